The van der Waals surface area contributed by atoms with Gasteiger partial charge >= 0.3 is 0 Å². The molecule has 0 heterocycles. The molecule has 0 saturated carbocycles. The van der Waals surface area contributed by atoms with Gasteiger partial charge in [-0.1, -0.05) is 0 Å². The summed E-state index contributed by atoms with van der Waals surface area (Å²) in [5, 5.41) is 0. The van der Waals surface area contributed by atoms with Crippen LogP contribution in [0.15, 0.2) is 0 Å². The Morgan fingerprint density at radius 3 is 0.600 bits per heavy atom. The molecule has 0 amide bonds. The van der Waals surface area contributed by atoms with E-state index in [0.717, 1.165) is 0 Å². The smallest absolute Gasteiger partial charge is 0 e. The third-order valence-electron chi connectivity index (χ3n) is 0. The van der Waals surface area contributed by atoms with Crippen molar-refractivity contribution >= 4 is 0 Å². The second-order valence-electron chi connectivity index (χ2n) is 0. The molecule has 0 spiro atoms. The van der Waals surface area contributed by atoms with Gasteiger partial charge in [-0.25, -0.2) is 0 Å². The molecular weight excluding hydrogens is 227 g/mol. The molecule has 0 radical (unpaired) electrons. The number of halogens is 1. The van der Waals surface area contributed by atoms with Crippen LogP contribution in [0.1, 0.15) is 0 Å². The number of hydrogen-bond acceptors (Lipinski definition) is 0. The maximum Gasteiger partial charge on any atom is 0 e. The van der Waals surface area contributed by atoms with Gasteiger partial charge in [0.2, 0.25) is 0 Å². The van der Waals surface area contributed by atoms with Crippen molar-refractivity contribution in [3.05, 3.63) is 0 Å². The molecule has 0 fully saturated rings. The van der Waals surface area contributed by atoms with Gasteiger partial charge in [0.05, 0.1) is 0 Å². The SMILES string of the molecule is O.O.O.[Cr].[I-]. The monoisotopic (exact) mass is 233 g/mol. The minimum absolute atomic E-state index is 0. The quantitative estimate of drug-likeness (QED) is 0.373. The second-order valence-corrected chi connectivity index (χ2v) is 0. The van der Waals surface area contributed by atoms with Crippen molar-refractivity contribution in [2.24, 2.45) is 0 Å². The van der Waals surface area contributed by atoms with Gasteiger partial charge in [0.1, 0.15) is 0 Å². The van der Waals surface area contributed by atoms with Crippen LogP contribution in [0.5, 0.6) is 0 Å². The summed E-state index contributed by atoms with van der Waals surface area (Å²) < 4.78 is 0. The Labute approximate surface area is 57.8 Å². The third-order valence-corrected chi connectivity index (χ3v) is 0. The molecule has 0 unspecified atom stereocenters. The first kappa shape index (κ1) is 124. The number of rotatable bonds is 0. The summed E-state index contributed by atoms with van der Waals surface area (Å²) in [6.07, 6.45) is 0. The van der Waals surface area contributed by atoms with Crippen LogP contribution in [0.25, 0.3) is 0 Å². The molecule has 0 atom stereocenters. The van der Waals surface area contributed by atoms with Crippen LogP contribution in [-0.2, 0) is 17.4 Å². The summed E-state index contributed by atoms with van der Waals surface area (Å²) in [6.45, 7) is 0. The first-order valence-corrected chi connectivity index (χ1v) is 0. The molecule has 38 valence electrons. The van der Waals surface area contributed by atoms with E-state index in [1.54, 1.807) is 0 Å². The maximum absolute atomic E-state index is 0. The number of hydrogen-bond donors (Lipinski definition) is 0. The Kier molecular flexibility index (Phi) is 1680. The van der Waals surface area contributed by atoms with Gasteiger partial charge < -0.3 is 40.4 Å². The largest absolute Gasteiger partial charge is 1.00 e. The summed E-state index contributed by atoms with van der Waals surface area (Å²) in [7, 11) is 0. The Morgan fingerprint density at radius 1 is 0.600 bits per heavy atom. The van der Waals surface area contributed by atoms with Crippen molar-refractivity contribution in [2.75, 3.05) is 0 Å². The van der Waals surface area contributed by atoms with Crippen molar-refractivity contribution in [2.45, 2.75) is 0 Å². The first-order chi connectivity index (χ1) is 0. The van der Waals surface area contributed by atoms with Crippen LogP contribution in [0, 0.1) is 0 Å². The zero-order chi connectivity index (χ0) is 0. The van der Waals surface area contributed by atoms with Crippen LogP contribution in [0.2, 0.25) is 0 Å². The van der Waals surface area contributed by atoms with Gasteiger partial charge in [0, 0.05) is 17.4 Å². The normalized spacial score (nSPS) is 0. The van der Waals surface area contributed by atoms with E-state index in [-0.39, 0.29) is 57.8 Å². The second kappa shape index (κ2) is 67.6. The van der Waals surface area contributed by atoms with E-state index in [4.69, 9.17) is 0 Å². The molecule has 0 aromatic carbocycles. The summed E-state index contributed by atoms with van der Waals surface area (Å²) in [5.74, 6) is 0. The maximum atomic E-state index is 0. The zero-order valence-electron chi connectivity index (χ0n) is 2.29. The van der Waals surface area contributed by atoms with E-state index >= 15 is 0 Å². The van der Waals surface area contributed by atoms with E-state index in [9.17, 15) is 0 Å². The Bertz CT molecular complexity index is 6.85. The fourth-order valence-electron chi connectivity index (χ4n) is 0. The van der Waals surface area contributed by atoms with Crippen molar-refractivity contribution in [3.63, 3.8) is 0 Å². The Morgan fingerprint density at radius 2 is 0.600 bits per heavy atom. The molecule has 0 bridgehead atoms. The summed E-state index contributed by atoms with van der Waals surface area (Å²) >= 11 is 0. The van der Waals surface area contributed by atoms with Gasteiger partial charge in [0.15, 0.2) is 0 Å². The molecule has 5 heavy (non-hydrogen) atoms. The molecule has 0 aromatic rings. The zero-order valence-corrected chi connectivity index (χ0v) is 5.72. The first-order valence-electron chi connectivity index (χ1n) is 0. The molecule has 0 aromatic heterocycles. The van der Waals surface area contributed by atoms with E-state index in [0.29, 0.717) is 0 Å². The molecule has 3 nitrogen and oxygen atoms in total. The molecule has 0 rings (SSSR count). The minimum atomic E-state index is 0. The molecule has 0 saturated heterocycles. The summed E-state index contributed by atoms with van der Waals surface area (Å²) in [4.78, 5) is 0. The van der Waals surface area contributed by atoms with Crippen LogP contribution in [0.3, 0.4) is 0 Å². The Balaban J connectivity index is 0. The average molecular weight is 233 g/mol. The van der Waals surface area contributed by atoms with E-state index in [2.05, 4.69) is 0 Å². The van der Waals surface area contributed by atoms with Gasteiger partial charge in [-0.15, -0.1) is 0 Å². The molecule has 6 N–H and O–H groups in total. The van der Waals surface area contributed by atoms with Gasteiger partial charge in [-0.3, -0.25) is 0 Å². The van der Waals surface area contributed by atoms with Gasteiger partial charge in [-0.05, 0) is 0 Å². The standard InChI is InChI=1S/Cr.HI.3H2O/h;1H;3*1H2/p-1. The van der Waals surface area contributed by atoms with Crippen molar-refractivity contribution in [1.29, 1.82) is 0 Å². The van der Waals surface area contributed by atoms with Gasteiger partial charge in [-0.2, -0.15) is 0 Å². The molecule has 0 aliphatic heterocycles. The average Bonchev–Trinajstić information content (AvgIpc) is 0. The molecular formula is H6CrIO3-. The van der Waals surface area contributed by atoms with Crippen LogP contribution < -0.4 is 24.0 Å². The van der Waals surface area contributed by atoms with Crippen LogP contribution >= 0.6 is 0 Å². The van der Waals surface area contributed by atoms with Crippen LogP contribution in [0.4, 0.5) is 0 Å². The third kappa shape index (κ3) is 38.9. The predicted octanol–water partition coefficient (Wildman–Crippen LogP) is -5.47. The van der Waals surface area contributed by atoms with E-state index < -0.39 is 0 Å². The van der Waals surface area contributed by atoms with E-state index in [1.807, 2.05) is 0 Å². The van der Waals surface area contributed by atoms with E-state index in [1.165, 1.54) is 0 Å². The van der Waals surface area contributed by atoms with Crippen molar-refractivity contribution in [3.8, 4) is 0 Å². The van der Waals surface area contributed by atoms with Crippen molar-refractivity contribution < 1.29 is 57.8 Å². The fraction of sp³-hybridized carbons (Fsp3) is 0. The Hall–Kier alpha value is 1.14. The molecule has 0 aliphatic carbocycles. The summed E-state index contributed by atoms with van der Waals surface area (Å²) in [5.41, 5.74) is 0. The van der Waals surface area contributed by atoms with Gasteiger partial charge in [0.25, 0.3) is 0 Å². The van der Waals surface area contributed by atoms with Crippen molar-refractivity contribution in [1.82, 2.24) is 0 Å². The topological polar surface area (TPSA) is 94.5 Å². The minimum Gasteiger partial charge on any atom is -1.00 e. The van der Waals surface area contributed by atoms with Crippen LogP contribution in [-0.4, -0.2) is 16.4 Å². The molecule has 5 heteroatoms. The molecule has 0 aliphatic rings. The summed E-state index contributed by atoms with van der Waals surface area (Å²) in [6, 6.07) is 0. The fourth-order valence-corrected chi connectivity index (χ4v) is 0. The predicted molar refractivity (Wildman–Crippen MR) is 10.8 cm³/mol.